The van der Waals surface area contributed by atoms with Gasteiger partial charge in [-0.25, -0.2) is 4.98 Å². The quantitative estimate of drug-likeness (QED) is 0.151. The van der Waals surface area contributed by atoms with Crippen molar-refractivity contribution in [2.45, 2.75) is 97.3 Å². The largest absolute Gasteiger partial charge is 0.372 e. The van der Waals surface area contributed by atoms with Crippen LogP contribution in [0.5, 0.6) is 0 Å². The van der Waals surface area contributed by atoms with Crippen molar-refractivity contribution in [3.63, 3.8) is 0 Å². The maximum absolute atomic E-state index is 14.4. The van der Waals surface area contributed by atoms with Crippen molar-refractivity contribution < 1.29 is 33.5 Å². The van der Waals surface area contributed by atoms with Crippen molar-refractivity contribution >= 4 is 35.3 Å². The summed E-state index contributed by atoms with van der Waals surface area (Å²) in [5.41, 5.74) is 1.76. The molecule has 4 N–H and O–H groups in total. The van der Waals surface area contributed by atoms with Gasteiger partial charge in [0.2, 0.25) is 23.5 Å². The fourth-order valence-electron chi connectivity index (χ4n) is 6.17. The SMILES string of the molecule is CC[C@H](NC(=O)[C@@H]1C[C@@H](OCc2ccccc2)CN1C(=O)[C@H](NC(=O)[C@H](NC(=O)c1cnccn1)C(C)C)C(C)C)C(=O)C(=O)N[C@H](C)c1ccccc1. The molecule has 3 aromatic rings. The van der Waals surface area contributed by atoms with Crippen LogP contribution in [0.4, 0.5) is 0 Å². The van der Waals surface area contributed by atoms with Crippen LogP contribution in [0.1, 0.15) is 82.0 Å². The number of likely N-dealkylation sites (tertiary alicyclic amines) is 1. The molecule has 1 aliphatic heterocycles. The second kappa shape index (κ2) is 19.5. The predicted octanol–water partition coefficient (Wildman–Crippen LogP) is 2.90. The minimum Gasteiger partial charge on any atom is -0.372 e. The average molecular weight is 742 g/mol. The van der Waals surface area contributed by atoms with Gasteiger partial charge in [-0.2, -0.15) is 0 Å². The zero-order chi connectivity index (χ0) is 39.4. The van der Waals surface area contributed by atoms with Crippen molar-refractivity contribution in [2.75, 3.05) is 6.54 Å². The fourth-order valence-corrected chi connectivity index (χ4v) is 6.17. The predicted molar refractivity (Wildman–Crippen MR) is 200 cm³/mol. The molecule has 0 bridgehead atoms. The van der Waals surface area contributed by atoms with Gasteiger partial charge in [0, 0.05) is 25.4 Å². The van der Waals surface area contributed by atoms with E-state index in [0.29, 0.717) is 0 Å². The minimum atomic E-state index is -1.15. The fraction of sp³-hybridized carbons (Fsp3) is 0.450. The molecular weight excluding hydrogens is 690 g/mol. The van der Waals surface area contributed by atoms with Gasteiger partial charge in [-0.15, -0.1) is 0 Å². The van der Waals surface area contributed by atoms with Crippen molar-refractivity contribution in [1.82, 2.24) is 36.1 Å². The highest BCUT2D eigenvalue weighted by atomic mass is 16.5. The van der Waals surface area contributed by atoms with Gasteiger partial charge in [-0.05, 0) is 36.3 Å². The second-order valence-corrected chi connectivity index (χ2v) is 14.1. The molecule has 1 aliphatic rings. The number of Topliss-reactive ketones (excluding diaryl/α,β-unsaturated/α-hetero) is 1. The van der Waals surface area contributed by atoms with Gasteiger partial charge in [0.15, 0.2) is 0 Å². The Labute approximate surface area is 316 Å². The Hall–Kier alpha value is -5.50. The third kappa shape index (κ3) is 11.0. The summed E-state index contributed by atoms with van der Waals surface area (Å²) in [5, 5.41) is 10.9. The standard InChI is InChI=1S/C40H51N7O7/c1-7-30(35(48)39(52)43-26(6)28-16-12-9-13-17-28)44-37(50)32-20-29(54-23-27-14-10-8-11-15-27)22-47(32)40(53)34(25(4)5)46-38(51)33(24(2)3)45-36(49)31-21-41-18-19-42-31/h8-19,21,24-26,29-30,32-34H,7,20,22-23H2,1-6H3,(H,43,52)(H,44,50)(H,45,49)(H,46,51)/t26-,29-,30+,32+,33-,34-/m1/s1. The number of nitrogens with zero attached hydrogens (tertiary/aromatic N) is 3. The molecule has 2 aromatic carbocycles. The Bertz CT molecular complexity index is 1740. The number of rotatable bonds is 17. The number of nitrogens with one attached hydrogen (secondary N) is 4. The molecule has 1 aromatic heterocycles. The lowest BCUT2D eigenvalue weighted by Gasteiger charge is -2.32. The number of amides is 5. The van der Waals surface area contributed by atoms with Crippen molar-refractivity contribution in [1.29, 1.82) is 0 Å². The Balaban J connectivity index is 1.52. The Morgan fingerprint density at radius 2 is 1.46 bits per heavy atom. The summed E-state index contributed by atoms with van der Waals surface area (Å²) in [7, 11) is 0. The molecule has 5 amide bonds. The van der Waals surface area contributed by atoms with E-state index in [1.54, 1.807) is 41.5 Å². The first-order valence-electron chi connectivity index (χ1n) is 18.3. The summed E-state index contributed by atoms with van der Waals surface area (Å²) in [6, 6.07) is 13.9. The molecule has 14 heteroatoms. The summed E-state index contributed by atoms with van der Waals surface area (Å²) >= 11 is 0. The normalized spacial score (nSPS) is 17.6. The van der Waals surface area contributed by atoms with Crippen LogP contribution in [-0.2, 0) is 35.3 Å². The maximum atomic E-state index is 14.4. The van der Waals surface area contributed by atoms with E-state index < -0.39 is 77.6 Å². The molecule has 4 rings (SSSR count). The van der Waals surface area contributed by atoms with E-state index in [2.05, 4.69) is 31.2 Å². The smallest absolute Gasteiger partial charge is 0.290 e. The van der Waals surface area contributed by atoms with Crippen molar-refractivity contribution in [3.05, 3.63) is 96.1 Å². The Kier molecular flexibility index (Phi) is 14.9. The van der Waals surface area contributed by atoms with Gasteiger partial charge in [-0.1, -0.05) is 95.3 Å². The van der Waals surface area contributed by atoms with Gasteiger partial charge in [0.25, 0.3) is 11.8 Å². The Morgan fingerprint density at radius 3 is 2.06 bits per heavy atom. The molecule has 0 unspecified atom stereocenters. The van der Waals surface area contributed by atoms with Crippen LogP contribution in [0.3, 0.4) is 0 Å². The number of ether oxygens (including phenoxy) is 1. The van der Waals surface area contributed by atoms with Gasteiger partial charge in [-0.3, -0.25) is 33.8 Å². The molecule has 6 atom stereocenters. The average Bonchev–Trinajstić information content (AvgIpc) is 3.62. The third-order valence-corrected chi connectivity index (χ3v) is 9.35. The number of carbonyl (C=O) groups excluding carboxylic acids is 6. The van der Waals surface area contributed by atoms with E-state index in [0.717, 1.165) is 11.1 Å². The lowest BCUT2D eigenvalue weighted by atomic mass is 9.98. The van der Waals surface area contributed by atoms with Crippen LogP contribution in [0.25, 0.3) is 0 Å². The van der Waals surface area contributed by atoms with Crippen molar-refractivity contribution in [2.24, 2.45) is 11.8 Å². The lowest BCUT2D eigenvalue weighted by molar-refractivity contribution is -0.144. The Morgan fingerprint density at radius 1 is 0.815 bits per heavy atom. The summed E-state index contributed by atoms with van der Waals surface area (Å²) in [4.78, 5) is 90.6. The summed E-state index contributed by atoms with van der Waals surface area (Å²) in [6.45, 7) is 10.8. The first-order valence-corrected chi connectivity index (χ1v) is 18.3. The summed E-state index contributed by atoms with van der Waals surface area (Å²) < 4.78 is 6.18. The highest BCUT2D eigenvalue weighted by molar-refractivity contribution is 6.38. The molecule has 14 nitrogen and oxygen atoms in total. The lowest BCUT2D eigenvalue weighted by Crippen LogP contribution is -2.59. The molecule has 0 spiro atoms. The first-order chi connectivity index (χ1) is 25.8. The second-order valence-electron chi connectivity index (χ2n) is 14.1. The molecule has 0 radical (unpaired) electrons. The number of benzene rings is 2. The number of carbonyl (C=O) groups is 6. The van der Waals surface area contributed by atoms with Gasteiger partial charge < -0.3 is 30.9 Å². The number of ketones is 1. The molecule has 2 heterocycles. The van der Waals surface area contributed by atoms with E-state index in [1.165, 1.54) is 23.5 Å². The summed E-state index contributed by atoms with van der Waals surface area (Å²) in [5.74, 6) is -4.75. The molecule has 1 saturated heterocycles. The van der Waals surface area contributed by atoms with Crippen LogP contribution in [0.15, 0.2) is 79.3 Å². The topological polar surface area (TPSA) is 189 Å². The van der Waals surface area contributed by atoms with E-state index in [1.807, 2.05) is 60.7 Å². The molecule has 0 aliphatic carbocycles. The van der Waals surface area contributed by atoms with E-state index in [-0.39, 0.29) is 37.6 Å². The van der Waals surface area contributed by atoms with Crippen LogP contribution >= 0.6 is 0 Å². The molecule has 1 fully saturated rings. The van der Waals surface area contributed by atoms with Crippen LogP contribution in [-0.4, -0.2) is 87.0 Å². The monoisotopic (exact) mass is 741 g/mol. The first kappa shape index (κ1) is 41.3. The number of hydrogen-bond acceptors (Lipinski definition) is 9. The third-order valence-electron chi connectivity index (χ3n) is 9.35. The molecule has 0 saturated carbocycles. The highest BCUT2D eigenvalue weighted by Gasteiger charge is 2.44. The molecule has 54 heavy (non-hydrogen) atoms. The molecular formula is C40H51N7O7. The highest BCUT2D eigenvalue weighted by Crippen LogP contribution is 2.25. The van der Waals surface area contributed by atoms with E-state index in [9.17, 15) is 28.8 Å². The van der Waals surface area contributed by atoms with Crippen LogP contribution < -0.4 is 21.3 Å². The molecule has 288 valence electrons. The number of hydrogen-bond donors (Lipinski definition) is 4. The van der Waals surface area contributed by atoms with Crippen LogP contribution in [0, 0.1) is 11.8 Å². The zero-order valence-corrected chi connectivity index (χ0v) is 31.7. The minimum absolute atomic E-state index is 0.0342. The maximum Gasteiger partial charge on any atom is 0.290 e. The zero-order valence-electron chi connectivity index (χ0n) is 31.7. The van der Waals surface area contributed by atoms with Gasteiger partial charge in [0.05, 0.1) is 31.0 Å². The van der Waals surface area contributed by atoms with Gasteiger partial charge >= 0.3 is 0 Å². The number of aromatic nitrogens is 2. The van der Waals surface area contributed by atoms with E-state index >= 15 is 0 Å². The van der Waals surface area contributed by atoms with Crippen molar-refractivity contribution in [3.8, 4) is 0 Å². The van der Waals surface area contributed by atoms with Gasteiger partial charge in [0.1, 0.15) is 23.8 Å². The summed E-state index contributed by atoms with van der Waals surface area (Å²) in [6.07, 6.45) is 3.78. The van der Waals surface area contributed by atoms with E-state index in [4.69, 9.17) is 4.74 Å². The van der Waals surface area contributed by atoms with Crippen LogP contribution in [0.2, 0.25) is 0 Å².